The highest BCUT2D eigenvalue weighted by Crippen LogP contribution is 2.63. The number of hydrogen-bond donors (Lipinski definition) is 1. The second kappa shape index (κ2) is 10.6. The summed E-state index contributed by atoms with van der Waals surface area (Å²) in [6.07, 6.45) is -3.55. The number of ketones is 1. The predicted molar refractivity (Wildman–Crippen MR) is 158 cm³/mol. The van der Waals surface area contributed by atoms with Crippen molar-refractivity contribution >= 4 is 24.5 Å². The lowest BCUT2D eigenvalue weighted by molar-refractivity contribution is -0.555. The molecule has 4 aliphatic rings. The third-order valence-corrected chi connectivity index (χ3v) is 14.8. The molecule has 1 spiro atoms. The Balaban J connectivity index is 1.58. The number of carbonyl (C=O) groups excluding carboxylic acids is 1. The van der Waals surface area contributed by atoms with E-state index in [1.165, 1.54) is 28.3 Å². The highest BCUT2D eigenvalue weighted by molar-refractivity contribution is 6.99. The van der Waals surface area contributed by atoms with E-state index in [2.05, 4.69) is 45.0 Å². The van der Waals surface area contributed by atoms with Crippen molar-refractivity contribution in [3.8, 4) is 0 Å². The summed E-state index contributed by atoms with van der Waals surface area (Å²) in [4.78, 5) is 13.1. The standard InChI is InChI=1S/C32H44O9Si/c1-21(33)31(34)26-27-32(31,41-30(6,37-9)29(5,36-8)40-27)25(35-7)24(39-26)20-38-42(28(2,3)4,22-16-12-10-13-17-22)23-18-14-11-15-19-23/h10-19,24-27,34H,20H2,1-9H3/t24-,25-,26+,27+,29-,30-,31-,32+/m1/s1. The van der Waals surface area contributed by atoms with Gasteiger partial charge in [-0.05, 0) is 36.2 Å². The highest BCUT2D eigenvalue weighted by Gasteiger charge is 2.88. The van der Waals surface area contributed by atoms with E-state index < -0.39 is 61.3 Å². The summed E-state index contributed by atoms with van der Waals surface area (Å²) in [6, 6.07) is 20.6. The maximum atomic E-state index is 13.1. The first-order valence-corrected chi connectivity index (χ1v) is 16.3. The SMILES string of the molecule is CO[C@@H]1[C@@H](CO[Si](c2ccccc2)(c2ccccc2)C(C)(C)C)O[C@H]2[C@@H]3O[C@@](C)(OC)[C@](C)(OC)O[C@@]13[C@@]2(O)C(C)=O. The maximum absolute atomic E-state index is 13.1. The summed E-state index contributed by atoms with van der Waals surface area (Å²) in [7, 11) is 1.52. The van der Waals surface area contributed by atoms with Gasteiger partial charge in [-0.2, -0.15) is 0 Å². The molecule has 1 saturated carbocycles. The molecule has 4 fully saturated rings. The maximum Gasteiger partial charge on any atom is 0.261 e. The third-order valence-electron chi connectivity index (χ3n) is 9.78. The van der Waals surface area contributed by atoms with Gasteiger partial charge >= 0.3 is 0 Å². The first kappa shape index (κ1) is 31.4. The van der Waals surface area contributed by atoms with E-state index in [1.54, 1.807) is 13.8 Å². The molecule has 0 aromatic heterocycles. The number of fused-ring (bicyclic) bond motifs is 2. The number of Topliss-reactive ketones (excluding diaryl/α,β-unsaturated/α-hetero) is 1. The van der Waals surface area contributed by atoms with Gasteiger partial charge < -0.3 is 38.0 Å². The predicted octanol–water partition coefficient (Wildman–Crippen LogP) is 2.56. The van der Waals surface area contributed by atoms with Crippen LogP contribution in [0.1, 0.15) is 41.5 Å². The summed E-state index contributed by atoms with van der Waals surface area (Å²) in [5, 5.41) is 13.9. The molecular weight excluding hydrogens is 556 g/mol. The van der Waals surface area contributed by atoms with Crippen LogP contribution in [0.15, 0.2) is 60.7 Å². The third kappa shape index (κ3) is 4.00. The molecule has 6 rings (SSSR count). The fourth-order valence-corrected chi connectivity index (χ4v) is 11.9. The van der Waals surface area contributed by atoms with Crippen molar-refractivity contribution in [1.82, 2.24) is 0 Å². The van der Waals surface area contributed by atoms with Crippen molar-refractivity contribution in [1.29, 1.82) is 0 Å². The van der Waals surface area contributed by atoms with Gasteiger partial charge in [0.15, 0.2) is 17.0 Å². The highest BCUT2D eigenvalue weighted by atomic mass is 28.4. The van der Waals surface area contributed by atoms with Crippen LogP contribution < -0.4 is 10.4 Å². The Morgan fingerprint density at radius 1 is 0.905 bits per heavy atom. The molecule has 8 atom stereocenters. The molecule has 3 heterocycles. The van der Waals surface area contributed by atoms with E-state index in [0.29, 0.717) is 0 Å². The van der Waals surface area contributed by atoms with Crippen LogP contribution in [0, 0.1) is 0 Å². The van der Waals surface area contributed by atoms with Gasteiger partial charge in [-0.3, -0.25) is 4.79 Å². The van der Waals surface area contributed by atoms with Gasteiger partial charge in [-0.25, -0.2) is 0 Å². The van der Waals surface area contributed by atoms with Crippen LogP contribution in [-0.4, -0.2) is 94.3 Å². The summed E-state index contributed by atoms with van der Waals surface area (Å²) in [5.74, 6) is -3.36. The van der Waals surface area contributed by atoms with Gasteiger partial charge in [0, 0.05) is 21.3 Å². The molecule has 3 saturated heterocycles. The first-order valence-electron chi connectivity index (χ1n) is 14.4. The Bertz CT molecular complexity index is 1250. The van der Waals surface area contributed by atoms with Crippen molar-refractivity contribution < 1.29 is 42.7 Å². The molecule has 2 aromatic rings. The molecule has 42 heavy (non-hydrogen) atoms. The van der Waals surface area contributed by atoms with Crippen LogP contribution in [0.25, 0.3) is 0 Å². The van der Waals surface area contributed by atoms with Crippen LogP contribution in [-0.2, 0) is 37.6 Å². The number of benzene rings is 2. The first-order chi connectivity index (χ1) is 19.7. The summed E-state index contributed by atoms with van der Waals surface area (Å²) in [5.41, 5.74) is -3.68. The Morgan fingerprint density at radius 2 is 1.43 bits per heavy atom. The number of ether oxygens (including phenoxy) is 6. The average Bonchev–Trinajstić information content (AvgIpc) is 2.97. The van der Waals surface area contributed by atoms with Crippen molar-refractivity contribution in [3.63, 3.8) is 0 Å². The molecule has 0 amide bonds. The van der Waals surface area contributed by atoms with Gasteiger partial charge in [-0.1, -0.05) is 81.4 Å². The second-order valence-corrected chi connectivity index (χ2v) is 17.1. The number of aliphatic hydroxyl groups is 1. The van der Waals surface area contributed by atoms with E-state index in [4.69, 9.17) is 32.8 Å². The Morgan fingerprint density at radius 3 is 1.86 bits per heavy atom. The van der Waals surface area contributed by atoms with Gasteiger partial charge in [0.25, 0.3) is 8.32 Å². The van der Waals surface area contributed by atoms with Gasteiger partial charge in [-0.15, -0.1) is 0 Å². The molecule has 3 aliphatic heterocycles. The Kier molecular flexibility index (Phi) is 7.91. The smallest absolute Gasteiger partial charge is 0.261 e. The Hall–Kier alpha value is -1.99. The topological polar surface area (TPSA) is 102 Å². The van der Waals surface area contributed by atoms with Crippen LogP contribution in [0.3, 0.4) is 0 Å². The number of carbonyl (C=O) groups is 1. The van der Waals surface area contributed by atoms with Crippen molar-refractivity contribution in [2.75, 3.05) is 27.9 Å². The molecule has 9 nitrogen and oxygen atoms in total. The van der Waals surface area contributed by atoms with E-state index >= 15 is 0 Å². The fourth-order valence-electron chi connectivity index (χ4n) is 7.34. The van der Waals surface area contributed by atoms with E-state index in [9.17, 15) is 9.90 Å². The second-order valence-electron chi connectivity index (χ2n) is 12.8. The normalized spacial score (nSPS) is 38.0. The minimum atomic E-state index is -2.93. The van der Waals surface area contributed by atoms with E-state index in [0.717, 1.165) is 10.4 Å². The zero-order chi connectivity index (χ0) is 30.8. The minimum Gasteiger partial charge on any atom is -0.405 e. The number of hydrogen-bond acceptors (Lipinski definition) is 9. The van der Waals surface area contributed by atoms with Gasteiger partial charge in [0.05, 0.1) is 6.61 Å². The summed E-state index contributed by atoms with van der Waals surface area (Å²) >= 11 is 0. The number of rotatable bonds is 9. The van der Waals surface area contributed by atoms with Crippen molar-refractivity contribution in [3.05, 3.63) is 60.7 Å². The molecule has 0 radical (unpaired) electrons. The molecule has 10 heteroatoms. The lowest BCUT2D eigenvalue weighted by Crippen LogP contribution is -2.98. The van der Waals surface area contributed by atoms with E-state index in [-0.39, 0.29) is 11.6 Å². The molecule has 0 unspecified atom stereocenters. The van der Waals surface area contributed by atoms with Crippen molar-refractivity contribution in [2.45, 2.75) is 93.8 Å². The van der Waals surface area contributed by atoms with Crippen molar-refractivity contribution in [2.24, 2.45) is 0 Å². The number of methoxy groups -OCH3 is 3. The van der Waals surface area contributed by atoms with E-state index in [1.807, 2.05) is 36.4 Å². The quantitative estimate of drug-likeness (QED) is 0.435. The largest absolute Gasteiger partial charge is 0.405 e. The Labute approximate surface area is 249 Å². The molecule has 2 bridgehead atoms. The summed E-state index contributed by atoms with van der Waals surface area (Å²) in [6.45, 7) is 11.4. The zero-order valence-corrected chi connectivity index (χ0v) is 27.0. The van der Waals surface area contributed by atoms with Crippen LogP contribution in [0.2, 0.25) is 5.04 Å². The lowest BCUT2D eigenvalue weighted by Gasteiger charge is -2.74. The zero-order valence-electron chi connectivity index (χ0n) is 26.0. The minimum absolute atomic E-state index is 0.124. The molecule has 230 valence electrons. The van der Waals surface area contributed by atoms with Crippen LogP contribution in [0.5, 0.6) is 0 Å². The molecule has 1 aliphatic carbocycles. The molecule has 2 aromatic carbocycles. The monoisotopic (exact) mass is 600 g/mol. The summed E-state index contributed by atoms with van der Waals surface area (Å²) < 4.78 is 44.3. The van der Waals surface area contributed by atoms with Gasteiger partial charge in [0.2, 0.25) is 11.6 Å². The molecular formula is C32H44O9Si. The average molecular weight is 601 g/mol. The van der Waals surface area contributed by atoms with Gasteiger partial charge in [0.1, 0.15) is 24.4 Å². The van der Waals surface area contributed by atoms with Crippen LogP contribution in [0.4, 0.5) is 0 Å². The lowest BCUT2D eigenvalue weighted by atomic mass is 9.52. The molecule has 1 N–H and O–H groups in total. The fraction of sp³-hybridized carbons (Fsp3) is 0.594. The van der Waals surface area contributed by atoms with Crippen LogP contribution >= 0.6 is 0 Å².